The predicted molar refractivity (Wildman–Crippen MR) is 100 cm³/mol. The van der Waals surface area contributed by atoms with Gasteiger partial charge in [-0.2, -0.15) is 13.2 Å². The van der Waals surface area contributed by atoms with Gasteiger partial charge in [-0.25, -0.2) is 8.42 Å². The topological polar surface area (TPSA) is 122 Å². The molecule has 0 fully saturated rings. The van der Waals surface area contributed by atoms with Gasteiger partial charge >= 0.3 is 12.1 Å². The van der Waals surface area contributed by atoms with Gasteiger partial charge in [0.25, 0.3) is 0 Å². The lowest BCUT2D eigenvalue weighted by molar-refractivity contribution is -0.139. The SMILES string of the molecule is COC(=O)CN/C(=C\C(=N)C(F)(F)F)c1nnc(-c2cccc(S(C)(=O)=O)c2)s1. The monoisotopic (exact) mass is 448 g/mol. The number of nitrogens with zero attached hydrogens (tertiary/aromatic N) is 2. The molecule has 1 aromatic carbocycles. The predicted octanol–water partition coefficient (Wildman–Crippen LogP) is 2.29. The number of hydrogen-bond donors (Lipinski definition) is 2. The molecule has 0 amide bonds. The van der Waals surface area contributed by atoms with Gasteiger partial charge in [-0.05, 0) is 18.2 Å². The molecule has 2 N–H and O–H groups in total. The second-order valence-corrected chi connectivity index (χ2v) is 8.60. The van der Waals surface area contributed by atoms with Crippen molar-refractivity contribution < 1.29 is 31.1 Å². The zero-order valence-corrected chi connectivity index (χ0v) is 16.7. The minimum absolute atomic E-state index is 0.0253. The highest BCUT2D eigenvalue weighted by molar-refractivity contribution is 7.90. The van der Waals surface area contributed by atoms with E-state index in [9.17, 15) is 26.4 Å². The molecule has 0 aliphatic carbocycles. The molecular formula is C16H15F3N4O4S2. The lowest BCUT2D eigenvalue weighted by Gasteiger charge is -2.09. The number of sulfone groups is 1. The van der Waals surface area contributed by atoms with Gasteiger partial charge in [0.05, 0.1) is 17.7 Å². The van der Waals surface area contributed by atoms with Crippen LogP contribution in [-0.2, 0) is 19.4 Å². The molecule has 0 aliphatic heterocycles. The highest BCUT2D eigenvalue weighted by Crippen LogP contribution is 2.29. The van der Waals surface area contributed by atoms with E-state index in [1.165, 1.54) is 18.2 Å². The van der Waals surface area contributed by atoms with Crippen LogP contribution in [0.2, 0.25) is 0 Å². The van der Waals surface area contributed by atoms with Crippen LogP contribution in [0.4, 0.5) is 13.2 Å². The van der Waals surface area contributed by atoms with Gasteiger partial charge in [-0.1, -0.05) is 23.5 Å². The van der Waals surface area contributed by atoms with E-state index in [0.29, 0.717) is 11.6 Å². The number of halogens is 3. The molecule has 0 unspecified atom stereocenters. The van der Waals surface area contributed by atoms with Crippen LogP contribution >= 0.6 is 11.3 Å². The average molecular weight is 448 g/mol. The molecule has 0 saturated heterocycles. The lowest BCUT2D eigenvalue weighted by atomic mass is 10.2. The molecule has 29 heavy (non-hydrogen) atoms. The number of rotatable bonds is 7. The number of benzene rings is 1. The van der Waals surface area contributed by atoms with E-state index in [1.807, 2.05) is 0 Å². The summed E-state index contributed by atoms with van der Waals surface area (Å²) in [6, 6.07) is 5.83. The quantitative estimate of drug-likeness (QED) is 0.492. The normalized spacial score (nSPS) is 12.5. The Balaban J connectivity index is 2.41. The largest absolute Gasteiger partial charge is 0.468 e. The van der Waals surface area contributed by atoms with Gasteiger partial charge in [-0.15, -0.1) is 10.2 Å². The summed E-state index contributed by atoms with van der Waals surface area (Å²) >= 11 is 0.861. The standard InChI is InChI=1S/C16H15F3N4O4S2/c1-27-13(24)8-21-11(7-12(20)16(17,18)19)15-23-22-14(28-15)9-4-3-5-10(6-9)29(2,25)26/h3-7,20-21H,8H2,1-2H3/b11-7-,20-12?. The molecule has 0 bridgehead atoms. The van der Waals surface area contributed by atoms with E-state index < -0.39 is 34.2 Å². The van der Waals surface area contributed by atoms with Gasteiger partial charge < -0.3 is 10.1 Å². The van der Waals surface area contributed by atoms with Crippen molar-refractivity contribution in [2.24, 2.45) is 0 Å². The van der Waals surface area contributed by atoms with Crippen LogP contribution in [0.25, 0.3) is 16.3 Å². The molecule has 1 heterocycles. The van der Waals surface area contributed by atoms with Crippen molar-refractivity contribution in [2.75, 3.05) is 19.9 Å². The fourth-order valence-corrected chi connectivity index (χ4v) is 3.46. The Bertz CT molecular complexity index is 1060. The second kappa shape index (κ2) is 8.69. The Hall–Kier alpha value is -2.80. The molecule has 0 saturated carbocycles. The summed E-state index contributed by atoms with van der Waals surface area (Å²) < 4.78 is 66.0. The number of hydrogen-bond acceptors (Lipinski definition) is 9. The molecule has 8 nitrogen and oxygen atoms in total. The lowest BCUT2D eigenvalue weighted by Crippen LogP contribution is -2.25. The number of allylic oxidation sites excluding steroid dienone is 1. The molecule has 2 rings (SSSR count). The zero-order valence-electron chi connectivity index (χ0n) is 15.1. The Kier molecular flexibility index (Phi) is 6.74. The summed E-state index contributed by atoms with van der Waals surface area (Å²) in [5.74, 6) is -0.736. The maximum atomic E-state index is 12.7. The third-order valence-electron chi connectivity index (χ3n) is 3.41. The number of methoxy groups -OCH3 is 1. The maximum Gasteiger partial charge on any atom is 0.432 e. The first-order chi connectivity index (χ1) is 13.4. The number of aromatic nitrogens is 2. The smallest absolute Gasteiger partial charge is 0.432 e. The fraction of sp³-hybridized carbons (Fsp3) is 0.250. The van der Waals surface area contributed by atoms with Crippen molar-refractivity contribution in [3.63, 3.8) is 0 Å². The van der Waals surface area contributed by atoms with Crippen LogP contribution in [0.5, 0.6) is 0 Å². The molecule has 0 aliphatic rings. The molecule has 13 heteroatoms. The second-order valence-electron chi connectivity index (χ2n) is 5.61. The number of nitrogens with one attached hydrogen (secondary N) is 2. The molecule has 0 atom stereocenters. The Morgan fingerprint density at radius 3 is 2.62 bits per heavy atom. The summed E-state index contributed by atoms with van der Waals surface area (Å²) in [6.07, 6.45) is -3.37. The molecule has 0 spiro atoms. The number of carbonyl (C=O) groups excluding carboxylic acids is 1. The summed E-state index contributed by atoms with van der Waals surface area (Å²) in [4.78, 5) is 11.4. The van der Waals surface area contributed by atoms with E-state index in [2.05, 4.69) is 20.3 Å². The number of esters is 1. The van der Waals surface area contributed by atoms with Crippen LogP contribution in [0, 0.1) is 5.41 Å². The van der Waals surface area contributed by atoms with Crippen molar-refractivity contribution in [2.45, 2.75) is 11.1 Å². The van der Waals surface area contributed by atoms with Gasteiger partial charge in [0.2, 0.25) is 0 Å². The highest BCUT2D eigenvalue weighted by Gasteiger charge is 2.33. The number of alkyl halides is 3. The first-order valence-corrected chi connectivity index (χ1v) is 10.4. The van der Waals surface area contributed by atoms with Crippen LogP contribution in [-0.4, -0.2) is 56.4 Å². The average Bonchev–Trinajstić information content (AvgIpc) is 3.13. The van der Waals surface area contributed by atoms with E-state index in [4.69, 9.17) is 5.41 Å². The molecule has 2 aromatic rings. The summed E-state index contributed by atoms with van der Waals surface area (Å²) in [5, 5.41) is 17.5. The van der Waals surface area contributed by atoms with Gasteiger partial charge in [0.1, 0.15) is 17.3 Å². The van der Waals surface area contributed by atoms with Crippen LogP contribution < -0.4 is 5.32 Å². The Labute approximate surface area is 167 Å². The maximum absolute atomic E-state index is 12.7. The van der Waals surface area contributed by atoms with E-state index in [0.717, 1.165) is 24.7 Å². The first-order valence-electron chi connectivity index (χ1n) is 7.74. The van der Waals surface area contributed by atoms with Crippen molar-refractivity contribution >= 4 is 38.6 Å². The van der Waals surface area contributed by atoms with Gasteiger partial charge in [0.15, 0.2) is 14.8 Å². The van der Waals surface area contributed by atoms with E-state index in [-0.39, 0.29) is 20.6 Å². The Morgan fingerprint density at radius 1 is 1.34 bits per heavy atom. The van der Waals surface area contributed by atoms with Crippen LogP contribution in [0.1, 0.15) is 5.01 Å². The number of carbonyl (C=O) groups is 1. The van der Waals surface area contributed by atoms with E-state index in [1.54, 1.807) is 6.07 Å². The first kappa shape index (κ1) is 22.5. The zero-order chi connectivity index (χ0) is 21.8. The fourth-order valence-electron chi connectivity index (χ4n) is 1.96. The summed E-state index contributed by atoms with van der Waals surface area (Å²) in [6.45, 7) is -0.452. The summed E-state index contributed by atoms with van der Waals surface area (Å²) in [7, 11) is -2.35. The van der Waals surface area contributed by atoms with Crippen molar-refractivity contribution in [3.05, 3.63) is 35.3 Å². The van der Waals surface area contributed by atoms with Gasteiger partial charge in [-0.3, -0.25) is 10.2 Å². The van der Waals surface area contributed by atoms with Crippen LogP contribution in [0.15, 0.2) is 35.2 Å². The van der Waals surface area contributed by atoms with Gasteiger partial charge in [0, 0.05) is 11.8 Å². The molecule has 0 radical (unpaired) electrons. The van der Waals surface area contributed by atoms with Crippen LogP contribution in [0.3, 0.4) is 0 Å². The van der Waals surface area contributed by atoms with Crippen molar-refractivity contribution in [3.8, 4) is 10.6 Å². The molecule has 156 valence electrons. The molecule has 1 aromatic heterocycles. The van der Waals surface area contributed by atoms with Crippen molar-refractivity contribution in [1.82, 2.24) is 15.5 Å². The summed E-state index contributed by atoms with van der Waals surface area (Å²) in [5.41, 5.74) is -1.50. The van der Waals surface area contributed by atoms with E-state index >= 15 is 0 Å². The minimum Gasteiger partial charge on any atom is -0.468 e. The third-order valence-corrected chi connectivity index (χ3v) is 5.53. The Morgan fingerprint density at radius 2 is 2.03 bits per heavy atom. The third kappa shape index (κ3) is 6.09. The number of ether oxygens (including phenoxy) is 1. The highest BCUT2D eigenvalue weighted by atomic mass is 32.2. The minimum atomic E-state index is -4.89. The van der Waals surface area contributed by atoms with Crippen molar-refractivity contribution in [1.29, 1.82) is 5.41 Å². The molecular weight excluding hydrogens is 433 g/mol.